The van der Waals surface area contributed by atoms with Crippen LogP contribution in [0.5, 0.6) is 0 Å². The molecule has 2 aliphatic heterocycles. The van der Waals surface area contributed by atoms with Crippen molar-refractivity contribution in [3.05, 3.63) is 0 Å². The van der Waals surface area contributed by atoms with Crippen molar-refractivity contribution in [1.29, 1.82) is 0 Å². The van der Waals surface area contributed by atoms with Crippen molar-refractivity contribution in [2.24, 2.45) is 11.7 Å². The van der Waals surface area contributed by atoms with Gasteiger partial charge in [0.2, 0.25) is 5.91 Å². The van der Waals surface area contributed by atoms with E-state index in [-0.39, 0.29) is 24.4 Å². The normalized spacial score (nSPS) is 35.3. The first-order chi connectivity index (χ1) is 6.68. The minimum atomic E-state index is 0. The van der Waals surface area contributed by atoms with Crippen molar-refractivity contribution in [2.75, 3.05) is 19.6 Å². The molecule has 3 atom stereocenters. The first-order valence-electron chi connectivity index (χ1n) is 5.46. The molecule has 2 rings (SSSR count). The number of halogens is 1. The molecule has 15 heavy (non-hydrogen) atoms. The zero-order valence-electron chi connectivity index (χ0n) is 9.11. The Balaban J connectivity index is 0.00000112. The van der Waals surface area contributed by atoms with Crippen LogP contribution in [0.1, 0.15) is 19.8 Å². The summed E-state index contributed by atoms with van der Waals surface area (Å²) in [4.78, 5) is 14.0. The molecular weight excluding hydrogens is 214 g/mol. The molecule has 0 aromatic carbocycles. The Kier molecular flexibility index (Phi) is 4.37. The summed E-state index contributed by atoms with van der Waals surface area (Å²) >= 11 is 0. The van der Waals surface area contributed by atoms with Gasteiger partial charge in [-0.2, -0.15) is 0 Å². The van der Waals surface area contributed by atoms with E-state index < -0.39 is 0 Å². The van der Waals surface area contributed by atoms with E-state index in [0.29, 0.717) is 11.9 Å². The summed E-state index contributed by atoms with van der Waals surface area (Å²) in [5.41, 5.74) is 5.79. The van der Waals surface area contributed by atoms with E-state index in [2.05, 4.69) is 12.2 Å². The molecule has 0 radical (unpaired) electrons. The van der Waals surface area contributed by atoms with Crippen molar-refractivity contribution in [3.63, 3.8) is 0 Å². The van der Waals surface area contributed by atoms with Crippen LogP contribution < -0.4 is 11.1 Å². The number of nitrogens with two attached hydrogens (primary N) is 1. The predicted molar refractivity (Wildman–Crippen MR) is 62.0 cm³/mol. The molecule has 0 aliphatic carbocycles. The number of carbonyl (C=O) groups is 1. The maximum atomic E-state index is 12.0. The minimum Gasteiger partial charge on any atom is -0.341 e. The molecular formula is C10H20ClN3O. The summed E-state index contributed by atoms with van der Waals surface area (Å²) in [6.45, 7) is 4.66. The highest BCUT2D eigenvalue weighted by Crippen LogP contribution is 2.20. The lowest BCUT2D eigenvalue weighted by Gasteiger charge is -2.22. The highest BCUT2D eigenvalue weighted by molar-refractivity contribution is 5.85. The highest BCUT2D eigenvalue weighted by atomic mass is 35.5. The Morgan fingerprint density at radius 1 is 1.47 bits per heavy atom. The number of nitrogens with zero attached hydrogens (tertiary/aromatic N) is 1. The number of amides is 1. The van der Waals surface area contributed by atoms with Gasteiger partial charge in [-0.05, 0) is 26.3 Å². The van der Waals surface area contributed by atoms with Crippen LogP contribution in [0, 0.1) is 5.92 Å². The molecule has 88 valence electrons. The largest absolute Gasteiger partial charge is 0.341 e. The maximum absolute atomic E-state index is 12.0. The third-order valence-electron chi connectivity index (χ3n) is 3.38. The smallest absolute Gasteiger partial charge is 0.227 e. The van der Waals surface area contributed by atoms with Crippen LogP contribution >= 0.6 is 12.4 Å². The molecule has 0 bridgehead atoms. The maximum Gasteiger partial charge on any atom is 0.227 e. The number of hydrogen-bond donors (Lipinski definition) is 2. The highest BCUT2D eigenvalue weighted by Gasteiger charge is 2.34. The molecule has 2 unspecified atom stereocenters. The van der Waals surface area contributed by atoms with Crippen LogP contribution in [0.4, 0.5) is 0 Å². The average Bonchev–Trinajstić information content (AvgIpc) is 2.73. The van der Waals surface area contributed by atoms with Gasteiger partial charge in [-0.1, -0.05) is 0 Å². The first kappa shape index (κ1) is 12.7. The molecule has 2 fully saturated rings. The molecule has 1 amide bonds. The van der Waals surface area contributed by atoms with Gasteiger partial charge in [0.1, 0.15) is 0 Å². The fourth-order valence-corrected chi connectivity index (χ4v) is 2.42. The summed E-state index contributed by atoms with van der Waals surface area (Å²) in [7, 11) is 0. The lowest BCUT2D eigenvalue weighted by molar-refractivity contribution is -0.134. The van der Waals surface area contributed by atoms with Crippen molar-refractivity contribution in [3.8, 4) is 0 Å². The standard InChI is InChI=1S/C10H19N3O.ClH/c1-7-9(2-4-12-7)10(14)13-5-3-8(11)6-13;/h7-9,12H,2-6,11H2,1H3;1H/t7?,8-,9?;/m1./s1. The quantitative estimate of drug-likeness (QED) is 0.669. The van der Waals surface area contributed by atoms with Gasteiger partial charge in [-0.25, -0.2) is 0 Å². The number of likely N-dealkylation sites (tertiary alicyclic amines) is 1. The van der Waals surface area contributed by atoms with Gasteiger partial charge < -0.3 is 16.0 Å². The molecule has 2 aliphatic rings. The van der Waals surface area contributed by atoms with Gasteiger partial charge in [-0.3, -0.25) is 4.79 Å². The monoisotopic (exact) mass is 233 g/mol. The Morgan fingerprint density at radius 2 is 2.20 bits per heavy atom. The first-order valence-corrected chi connectivity index (χ1v) is 5.46. The lowest BCUT2D eigenvalue weighted by atomic mass is 10.0. The molecule has 0 aromatic rings. The van der Waals surface area contributed by atoms with Crippen molar-refractivity contribution in [1.82, 2.24) is 10.2 Å². The van der Waals surface area contributed by atoms with E-state index >= 15 is 0 Å². The van der Waals surface area contributed by atoms with Crippen LogP contribution in [0.15, 0.2) is 0 Å². The van der Waals surface area contributed by atoms with Crippen molar-refractivity contribution in [2.45, 2.75) is 31.8 Å². The third-order valence-corrected chi connectivity index (χ3v) is 3.38. The van der Waals surface area contributed by atoms with E-state index in [1.807, 2.05) is 4.90 Å². The Labute approximate surface area is 97.0 Å². The van der Waals surface area contributed by atoms with Crippen LogP contribution in [0.2, 0.25) is 0 Å². The summed E-state index contributed by atoms with van der Waals surface area (Å²) in [6, 6.07) is 0.531. The van der Waals surface area contributed by atoms with Crippen LogP contribution in [-0.4, -0.2) is 42.5 Å². The Bertz CT molecular complexity index is 237. The van der Waals surface area contributed by atoms with Gasteiger partial charge in [0, 0.05) is 25.2 Å². The molecule has 0 saturated carbocycles. The van der Waals surface area contributed by atoms with Gasteiger partial charge in [-0.15, -0.1) is 12.4 Å². The van der Waals surface area contributed by atoms with Crippen molar-refractivity contribution < 1.29 is 4.79 Å². The van der Waals surface area contributed by atoms with Gasteiger partial charge in [0.15, 0.2) is 0 Å². The molecule has 5 heteroatoms. The second kappa shape index (κ2) is 5.14. The van der Waals surface area contributed by atoms with Crippen LogP contribution in [-0.2, 0) is 4.79 Å². The molecule has 0 spiro atoms. The molecule has 3 N–H and O–H groups in total. The molecule has 0 aromatic heterocycles. The van der Waals surface area contributed by atoms with Gasteiger partial charge in [0.05, 0.1) is 5.92 Å². The molecule has 4 nitrogen and oxygen atoms in total. The number of carbonyl (C=O) groups excluding carboxylic acids is 1. The summed E-state index contributed by atoms with van der Waals surface area (Å²) in [6.07, 6.45) is 1.94. The predicted octanol–water partition coefficient (Wildman–Crippen LogP) is -0.0342. The van der Waals surface area contributed by atoms with Gasteiger partial charge in [0.25, 0.3) is 0 Å². The SMILES string of the molecule is CC1NCCC1C(=O)N1CC[C@@H](N)C1.Cl. The van der Waals surface area contributed by atoms with Gasteiger partial charge >= 0.3 is 0 Å². The van der Waals surface area contributed by atoms with E-state index in [1.165, 1.54) is 0 Å². The lowest BCUT2D eigenvalue weighted by Crippen LogP contribution is -2.40. The molecule has 2 saturated heterocycles. The Morgan fingerprint density at radius 3 is 2.67 bits per heavy atom. The minimum absolute atomic E-state index is 0. The zero-order valence-corrected chi connectivity index (χ0v) is 9.93. The number of nitrogens with one attached hydrogen (secondary N) is 1. The third kappa shape index (κ3) is 2.62. The summed E-state index contributed by atoms with van der Waals surface area (Å²) < 4.78 is 0. The number of rotatable bonds is 1. The molecule has 2 heterocycles. The van der Waals surface area contributed by atoms with Crippen LogP contribution in [0.25, 0.3) is 0 Å². The van der Waals surface area contributed by atoms with E-state index in [9.17, 15) is 4.79 Å². The Hall–Kier alpha value is -0.320. The summed E-state index contributed by atoms with van der Waals surface area (Å²) in [5, 5.41) is 3.31. The second-order valence-corrected chi connectivity index (χ2v) is 4.47. The zero-order chi connectivity index (χ0) is 10.1. The average molecular weight is 234 g/mol. The van der Waals surface area contributed by atoms with E-state index in [0.717, 1.165) is 32.5 Å². The van der Waals surface area contributed by atoms with E-state index in [4.69, 9.17) is 5.73 Å². The number of hydrogen-bond acceptors (Lipinski definition) is 3. The fraction of sp³-hybridized carbons (Fsp3) is 0.900. The second-order valence-electron chi connectivity index (χ2n) is 4.47. The summed E-state index contributed by atoms with van der Waals surface area (Å²) in [5.74, 6) is 0.482. The van der Waals surface area contributed by atoms with Crippen LogP contribution in [0.3, 0.4) is 0 Å². The van der Waals surface area contributed by atoms with E-state index in [1.54, 1.807) is 0 Å². The topological polar surface area (TPSA) is 58.4 Å². The van der Waals surface area contributed by atoms with Crippen molar-refractivity contribution >= 4 is 18.3 Å². The fourth-order valence-electron chi connectivity index (χ4n) is 2.42.